The second-order valence-corrected chi connectivity index (χ2v) is 4.80. The molecule has 1 aromatic heterocycles. The van der Waals surface area contributed by atoms with Crippen LogP contribution >= 0.6 is 11.8 Å². The smallest absolute Gasteiger partial charge is 0.364 e. The zero-order valence-electron chi connectivity index (χ0n) is 10.3. The molecule has 0 unspecified atom stereocenters. The number of anilines is 1. The highest BCUT2D eigenvalue weighted by atomic mass is 35.5. The van der Waals surface area contributed by atoms with Gasteiger partial charge in [-0.25, -0.2) is 14.8 Å². The predicted molar refractivity (Wildman–Crippen MR) is 65.8 cm³/mol. The maximum Gasteiger partial charge on any atom is 0.434 e. The van der Waals surface area contributed by atoms with Crippen molar-refractivity contribution in [3.63, 3.8) is 0 Å². The standard InChI is InChI=1S/C11H14ClF3N4/c1-6-10(16-5-9(17-6)11(13,14)15)18-7-3-2-4-8(7)19-12/h5,7-8,19H,2-4H2,1H3,(H,16,18)/t7-,8-/m0/s1. The first-order valence-corrected chi connectivity index (χ1v) is 6.33. The molecule has 2 atom stereocenters. The molecule has 1 aliphatic rings. The Morgan fingerprint density at radius 1 is 1.32 bits per heavy atom. The van der Waals surface area contributed by atoms with Gasteiger partial charge >= 0.3 is 6.18 Å². The minimum Gasteiger partial charge on any atom is -0.364 e. The number of hydrogen-bond acceptors (Lipinski definition) is 4. The average molecular weight is 295 g/mol. The van der Waals surface area contributed by atoms with Gasteiger partial charge in [-0.2, -0.15) is 13.2 Å². The summed E-state index contributed by atoms with van der Waals surface area (Å²) in [5.41, 5.74) is -0.746. The molecule has 4 nitrogen and oxygen atoms in total. The maximum atomic E-state index is 12.5. The first-order chi connectivity index (χ1) is 8.91. The zero-order valence-corrected chi connectivity index (χ0v) is 11.0. The van der Waals surface area contributed by atoms with Gasteiger partial charge in [0.25, 0.3) is 0 Å². The summed E-state index contributed by atoms with van der Waals surface area (Å²) < 4.78 is 37.4. The third-order valence-corrected chi connectivity index (χ3v) is 3.50. The number of rotatable bonds is 3. The first kappa shape index (κ1) is 14.3. The van der Waals surface area contributed by atoms with Gasteiger partial charge in [-0.05, 0) is 38.0 Å². The Morgan fingerprint density at radius 2 is 2.00 bits per heavy atom. The van der Waals surface area contributed by atoms with E-state index in [1.807, 2.05) is 0 Å². The molecule has 0 saturated heterocycles. The van der Waals surface area contributed by atoms with E-state index in [4.69, 9.17) is 11.8 Å². The van der Waals surface area contributed by atoms with Crippen LogP contribution in [0.2, 0.25) is 0 Å². The van der Waals surface area contributed by atoms with Crippen LogP contribution in [0.15, 0.2) is 6.20 Å². The van der Waals surface area contributed by atoms with Gasteiger partial charge in [0, 0.05) is 12.1 Å². The van der Waals surface area contributed by atoms with Crippen LogP contribution < -0.4 is 10.2 Å². The lowest BCUT2D eigenvalue weighted by Gasteiger charge is -2.20. The molecule has 1 saturated carbocycles. The summed E-state index contributed by atoms with van der Waals surface area (Å²) in [4.78, 5) is 10.0. The van der Waals surface area contributed by atoms with E-state index in [0.29, 0.717) is 5.82 Å². The largest absolute Gasteiger partial charge is 0.434 e. The average Bonchev–Trinajstić information content (AvgIpc) is 2.77. The zero-order chi connectivity index (χ0) is 14.0. The predicted octanol–water partition coefficient (Wildman–Crippen LogP) is 2.88. The lowest BCUT2D eigenvalue weighted by molar-refractivity contribution is -0.141. The van der Waals surface area contributed by atoms with E-state index < -0.39 is 11.9 Å². The Balaban J connectivity index is 2.13. The van der Waals surface area contributed by atoms with Gasteiger partial charge in [-0.15, -0.1) is 0 Å². The molecular weight excluding hydrogens is 281 g/mol. The fraction of sp³-hybridized carbons (Fsp3) is 0.636. The van der Waals surface area contributed by atoms with Gasteiger partial charge < -0.3 is 5.32 Å². The SMILES string of the molecule is Cc1nc(C(F)(F)F)cnc1N[C@H]1CCC[C@@H]1NCl. The van der Waals surface area contributed by atoms with Crippen LogP contribution in [-0.4, -0.2) is 22.1 Å². The van der Waals surface area contributed by atoms with Gasteiger partial charge in [0.05, 0.1) is 11.9 Å². The van der Waals surface area contributed by atoms with Gasteiger partial charge in [0.1, 0.15) is 5.82 Å². The highest BCUT2D eigenvalue weighted by Crippen LogP contribution is 2.29. The van der Waals surface area contributed by atoms with Crippen molar-refractivity contribution in [2.24, 2.45) is 0 Å². The minimum absolute atomic E-state index is 0.0576. The molecular formula is C11H14ClF3N4. The minimum atomic E-state index is -4.47. The summed E-state index contributed by atoms with van der Waals surface area (Å²) in [5.74, 6) is 0.372. The molecule has 0 aliphatic heterocycles. The second-order valence-electron chi connectivity index (χ2n) is 4.58. The molecule has 1 fully saturated rings. The first-order valence-electron chi connectivity index (χ1n) is 5.95. The number of aryl methyl sites for hydroxylation is 1. The number of nitrogens with one attached hydrogen (secondary N) is 2. The van der Waals surface area contributed by atoms with E-state index >= 15 is 0 Å². The lowest BCUT2D eigenvalue weighted by Crippen LogP contribution is -2.36. The van der Waals surface area contributed by atoms with Crippen LogP contribution in [0.3, 0.4) is 0 Å². The number of nitrogens with zero attached hydrogens (tertiary/aromatic N) is 2. The van der Waals surface area contributed by atoms with Crippen molar-refractivity contribution in [2.45, 2.75) is 44.4 Å². The summed E-state index contributed by atoms with van der Waals surface area (Å²) >= 11 is 5.62. The second kappa shape index (κ2) is 5.50. The molecule has 2 rings (SSSR count). The number of halogens is 4. The Bertz CT molecular complexity index is 452. The van der Waals surface area contributed by atoms with Crippen LogP contribution in [0.1, 0.15) is 30.7 Å². The molecule has 0 aromatic carbocycles. The van der Waals surface area contributed by atoms with Crippen LogP contribution in [0.5, 0.6) is 0 Å². The molecule has 106 valence electrons. The van der Waals surface area contributed by atoms with E-state index in [0.717, 1.165) is 25.5 Å². The normalized spacial score (nSPS) is 23.6. The molecule has 0 amide bonds. The molecule has 0 spiro atoms. The van der Waals surface area contributed by atoms with E-state index in [-0.39, 0.29) is 17.8 Å². The van der Waals surface area contributed by atoms with Gasteiger partial charge in [0.15, 0.2) is 5.69 Å². The van der Waals surface area contributed by atoms with Crippen molar-refractivity contribution in [1.82, 2.24) is 14.8 Å². The Morgan fingerprint density at radius 3 is 2.58 bits per heavy atom. The summed E-state index contributed by atoms with van der Waals surface area (Å²) in [5, 5.41) is 3.10. The molecule has 0 bridgehead atoms. The summed E-state index contributed by atoms with van der Waals surface area (Å²) in [6.07, 6.45) is -0.896. The molecule has 1 heterocycles. The van der Waals surface area contributed by atoms with Crippen molar-refractivity contribution >= 4 is 17.6 Å². The van der Waals surface area contributed by atoms with Gasteiger partial charge in [-0.1, -0.05) is 0 Å². The fourth-order valence-electron chi connectivity index (χ4n) is 2.20. The topological polar surface area (TPSA) is 49.8 Å². The lowest BCUT2D eigenvalue weighted by atomic mass is 10.2. The number of alkyl halides is 3. The highest BCUT2D eigenvalue weighted by Gasteiger charge is 2.34. The van der Waals surface area contributed by atoms with Crippen LogP contribution in [0.25, 0.3) is 0 Å². The van der Waals surface area contributed by atoms with Crippen LogP contribution in [0.4, 0.5) is 19.0 Å². The van der Waals surface area contributed by atoms with Gasteiger partial charge in [-0.3, -0.25) is 0 Å². The molecule has 19 heavy (non-hydrogen) atoms. The third kappa shape index (κ3) is 3.27. The maximum absolute atomic E-state index is 12.5. The van der Waals surface area contributed by atoms with Crippen molar-refractivity contribution in [1.29, 1.82) is 0 Å². The molecule has 1 aromatic rings. The van der Waals surface area contributed by atoms with E-state index in [2.05, 4.69) is 20.1 Å². The fourth-order valence-corrected chi connectivity index (χ4v) is 2.46. The van der Waals surface area contributed by atoms with Crippen molar-refractivity contribution in [3.8, 4) is 0 Å². The summed E-state index contributed by atoms with van der Waals surface area (Å²) in [7, 11) is 0. The quantitative estimate of drug-likeness (QED) is 0.842. The number of aromatic nitrogens is 2. The molecule has 2 N–H and O–H groups in total. The Labute approximate surface area is 113 Å². The van der Waals surface area contributed by atoms with Crippen molar-refractivity contribution in [3.05, 3.63) is 17.6 Å². The van der Waals surface area contributed by atoms with Crippen LogP contribution in [0, 0.1) is 6.92 Å². The Kier molecular flexibility index (Phi) is 4.15. The Hall–Kier alpha value is -1.08. The van der Waals surface area contributed by atoms with E-state index in [1.54, 1.807) is 0 Å². The molecule has 8 heteroatoms. The molecule has 1 aliphatic carbocycles. The molecule has 0 radical (unpaired) electrons. The highest BCUT2D eigenvalue weighted by molar-refractivity contribution is 6.13. The third-order valence-electron chi connectivity index (χ3n) is 3.22. The summed E-state index contributed by atoms with van der Waals surface area (Å²) in [6.45, 7) is 1.50. The van der Waals surface area contributed by atoms with E-state index in [9.17, 15) is 13.2 Å². The summed E-state index contributed by atoms with van der Waals surface area (Å²) in [6, 6.07) is 0.146. The van der Waals surface area contributed by atoms with Crippen molar-refractivity contribution in [2.75, 3.05) is 5.32 Å². The van der Waals surface area contributed by atoms with Gasteiger partial charge in [0.2, 0.25) is 0 Å². The van der Waals surface area contributed by atoms with E-state index in [1.165, 1.54) is 6.92 Å². The van der Waals surface area contributed by atoms with Crippen LogP contribution in [-0.2, 0) is 6.18 Å². The number of hydrogen-bond donors (Lipinski definition) is 2. The van der Waals surface area contributed by atoms with Crippen molar-refractivity contribution < 1.29 is 13.2 Å². The monoisotopic (exact) mass is 294 g/mol.